The zero-order valence-electron chi connectivity index (χ0n) is 11.9. The third kappa shape index (κ3) is 2.84. The van der Waals surface area contributed by atoms with Crippen LogP contribution in [-0.4, -0.2) is 12.6 Å². The fourth-order valence-corrected chi connectivity index (χ4v) is 2.98. The van der Waals surface area contributed by atoms with E-state index in [0.717, 1.165) is 30.7 Å². The summed E-state index contributed by atoms with van der Waals surface area (Å²) in [7, 11) is 1.66. The van der Waals surface area contributed by atoms with Crippen molar-refractivity contribution in [1.29, 1.82) is 5.26 Å². The van der Waals surface area contributed by atoms with Gasteiger partial charge in [0.1, 0.15) is 11.3 Å². The van der Waals surface area contributed by atoms with Crippen LogP contribution in [0.25, 0.3) is 0 Å². The second-order valence-corrected chi connectivity index (χ2v) is 5.72. The van der Waals surface area contributed by atoms with E-state index < -0.39 is 5.54 Å². The van der Waals surface area contributed by atoms with E-state index >= 15 is 0 Å². The number of methoxy groups -OCH3 is 1. The molecule has 1 N–H and O–H groups in total. The molecule has 3 nitrogen and oxygen atoms in total. The first-order valence-corrected chi connectivity index (χ1v) is 6.93. The Kier molecular flexibility index (Phi) is 3.99. The molecule has 102 valence electrons. The molecule has 0 amide bonds. The van der Waals surface area contributed by atoms with Crippen LogP contribution >= 0.6 is 0 Å². The van der Waals surface area contributed by atoms with Gasteiger partial charge in [0.15, 0.2) is 0 Å². The van der Waals surface area contributed by atoms with Crippen LogP contribution in [-0.2, 0) is 0 Å². The first-order chi connectivity index (χ1) is 9.09. The first-order valence-electron chi connectivity index (χ1n) is 6.93. The molecule has 3 unspecified atom stereocenters. The molecular formula is C16H22N2O. The minimum absolute atomic E-state index is 0.354. The third-order valence-corrected chi connectivity index (χ3v) is 4.27. The van der Waals surface area contributed by atoms with E-state index in [1.54, 1.807) is 7.11 Å². The molecule has 3 heteroatoms. The molecule has 1 saturated carbocycles. The van der Waals surface area contributed by atoms with Crippen LogP contribution in [0.2, 0.25) is 0 Å². The molecular weight excluding hydrogens is 236 g/mol. The maximum atomic E-state index is 9.64. The Labute approximate surface area is 115 Å². The fourth-order valence-electron chi connectivity index (χ4n) is 2.98. The summed E-state index contributed by atoms with van der Waals surface area (Å²) in [5.74, 6) is 1.88. The molecule has 3 atom stereocenters. The second kappa shape index (κ2) is 5.52. The van der Waals surface area contributed by atoms with Gasteiger partial charge in [0.05, 0.1) is 13.2 Å². The van der Waals surface area contributed by atoms with Crippen molar-refractivity contribution in [2.24, 2.45) is 11.8 Å². The van der Waals surface area contributed by atoms with Crippen molar-refractivity contribution in [1.82, 2.24) is 0 Å². The van der Waals surface area contributed by atoms with Crippen LogP contribution in [0, 0.1) is 23.2 Å². The maximum absolute atomic E-state index is 9.64. The lowest BCUT2D eigenvalue weighted by Crippen LogP contribution is -2.46. The minimum Gasteiger partial charge on any atom is -0.497 e. The minimum atomic E-state index is -0.446. The summed E-state index contributed by atoms with van der Waals surface area (Å²) < 4.78 is 5.23. The highest BCUT2D eigenvalue weighted by Crippen LogP contribution is 2.39. The molecule has 0 spiro atoms. The highest BCUT2D eigenvalue weighted by Gasteiger charge is 2.40. The van der Waals surface area contributed by atoms with Crippen LogP contribution in [0.5, 0.6) is 5.75 Å². The van der Waals surface area contributed by atoms with Crippen molar-refractivity contribution in [2.75, 3.05) is 12.4 Å². The third-order valence-electron chi connectivity index (χ3n) is 4.27. The van der Waals surface area contributed by atoms with Crippen molar-refractivity contribution >= 4 is 5.69 Å². The van der Waals surface area contributed by atoms with Crippen molar-refractivity contribution in [3.05, 3.63) is 24.3 Å². The van der Waals surface area contributed by atoms with Gasteiger partial charge in [0.25, 0.3) is 0 Å². The van der Waals surface area contributed by atoms with E-state index in [2.05, 4.69) is 25.2 Å². The van der Waals surface area contributed by atoms with Crippen LogP contribution < -0.4 is 10.1 Å². The average molecular weight is 258 g/mol. The van der Waals surface area contributed by atoms with Crippen LogP contribution in [0.1, 0.15) is 33.1 Å². The topological polar surface area (TPSA) is 45.0 Å². The SMILES string of the molecule is COc1cccc(NC2(C#N)CCC(C)CC2C)c1. The number of ether oxygens (including phenoxy) is 1. The Balaban J connectivity index is 2.21. The fraction of sp³-hybridized carbons (Fsp3) is 0.562. The normalized spacial score (nSPS) is 30.4. The zero-order valence-corrected chi connectivity index (χ0v) is 11.9. The van der Waals surface area contributed by atoms with Crippen LogP contribution in [0.3, 0.4) is 0 Å². The van der Waals surface area contributed by atoms with Crippen molar-refractivity contribution in [3.8, 4) is 11.8 Å². The summed E-state index contributed by atoms with van der Waals surface area (Å²) in [5.41, 5.74) is 0.515. The first kappa shape index (κ1) is 13.7. The Hall–Kier alpha value is -1.69. The summed E-state index contributed by atoms with van der Waals surface area (Å²) >= 11 is 0. The lowest BCUT2D eigenvalue weighted by molar-refractivity contribution is 0.229. The predicted octanol–water partition coefficient (Wildman–Crippen LogP) is 3.83. The molecule has 0 heterocycles. The van der Waals surface area contributed by atoms with Crippen molar-refractivity contribution in [3.63, 3.8) is 0 Å². The highest BCUT2D eigenvalue weighted by atomic mass is 16.5. The number of hydrogen-bond acceptors (Lipinski definition) is 3. The van der Waals surface area contributed by atoms with E-state index in [9.17, 15) is 5.26 Å². The Morgan fingerprint density at radius 2 is 2.21 bits per heavy atom. The molecule has 1 aromatic rings. The second-order valence-electron chi connectivity index (χ2n) is 5.72. The summed E-state index contributed by atoms with van der Waals surface area (Å²) in [4.78, 5) is 0. The largest absolute Gasteiger partial charge is 0.497 e. The molecule has 1 aliphatic carbocycles. The Bertz CT molecular complexity index is 480. The van der Waals surface area contributed by atoms with Gasteiger partial charge >= 0.3 is 0 Å². The molecule has 1 aromatic carbocycles. The number of rotatable bonds is 3. The van der Waals surface area contributed by atoms with Crippen LogP contribution in [0.4, 0.5) is 5.69 Å². The summed E-state index contributed by atoms with van der Waals surface area (Å²) in [6, 6.07) is 10.3. The number of anilines is 1. The molecule has 0 aliphatic heterocycles. The standard InChI is InChI=1S/C16H22N2O/c1-12-7-8-16(11-17,13(2)9-12)18-14-5-4-6-15(10-14)19-3/h4-6,10,12-13,18H,7-9H2,1-3H3. The lowest BCUT2D eigenvalue weighted by atomic mass is 9.70. The highest BCUT2D eigenvalue weighted by molar-refractivity contribution is 5.52. The summed E-state index contributed by atoms with van der Waals surface area (Å²) in [5, 5.41) is 13.1. The van der Waals surface area contributed by atoms with Gasteiger partial charge in [-0.25, -0.2) is 0 Å². The zero-order chi connectivity index (χ0) is 13.9. The molecule has 0 radical (unpaired) electrons. The van der Waals surface area contributed by atoms with Gasteiger partial charge in [0.2, 0.25) is 0 Å². The van der Waals surface area contributed by atoms with E-state index in [4.69, 9.17) is 4.74 Å². The van der Waals surface area contributed by atoms with Gasteiger partial charge in [-0.05, 0) is 43.2 Å². The molecule has 1 fully saturated rings. The summed E-state index contributed by atoms with van der Waals surface area (Å²) in [6.07, 6.45) is 3.11. The van der Waals surface area contributed by atoms with Gasteiger partial charge in [-0.15, -0.1) is 0 Å². The molecule has 0 aromatic heterocycles. The summed E-state index contributed by atoms with van der Waals surface area (Å²) in [6.45, 7) is 4.44. The van der Waals surface area contributed by atoms with Gasteiger partial charge in [-0.3, -0.25) is 0 Å². The van der Waals surface area contributed by atoms with Gasteiger partial charge in [-0.2, -0.15) is 5.26 Å². The van der Waals surface area contributed by atoms with Gasteiger partial charge < -0.3 is 10.1 Å². The van der Waals surface area contributed by atoms with Crippen molar-refractivity contribution < 1.29 is 4.74 Å². The van der Waals surface area contributed by atoms with Gasteiger partial charge in [0, 0.05) is 11.8 Å². The van der Waals surface area contributed by atoms with E-state index in [0.29, 0.717) is 11.8 Å². The lowest BCUT2D eigenvalue weighted by Gasteiger charge is -2.40. The molecule has 0 bridgehead atoms. The predicted molar refractivity (Wildman–Crippen MR) is 77.1 cm³/mol. The number of nitriles is 1. The molecule has 1 aliphatic rings. The number of nitrogens with one attached hydrogen (secondary N) is 1. The van der Waals surface area contributed by atoms with Gasteiger partial charge in [-0.1, -0.05) is 19.9 Å². The van der Waals surface area contributed by atoms with Crippen molar-refractivity contribution in [2.45, 2.75) is 38.6 Å². The number of benzene rings is 1. The molecule has 2 rings (SSSR count). The van der Waals surface area contributed by atoms with E-state index in [1.165, 1.54) is 0 Å². The molecule has 0 saturated heterocycles. The number of hydrogen-bond donors (Lipinski definition) is 1. The van der Waals surface area contributed by atoms with E-state index in [-0.39, 0.29) is 0 Å². The van der Waals surface area contributed by atoms with E-state index in [1.807, 2.05) is 24.3 Å². The quantitative estimate of drug-likeness (QED) is 0.896. The Morgan fingerprint density at radius 1 is 1.42 bits per heavy atom. The van der Waals surface area contributed by atoms with Crippen LogP contribution in [0.15, 0.2) is 24.3 Å². The smallest absolute Gasteiger partial charge is 0.127 e. The Morgan fingerprint density at radius 3 is 2.84 bits per heavy atom. The average Bonchev–Trinajstić information content (AvgIpc) is 2.42. The maximum Gasteiger partial charge on any atom is 0.127 e. The molecule has 19 heavy (non-hydrogen) atoms. The monoisotopic (exact) mass is 258 g/mol. The number of nitrogens with zero attached hydrogens (tertiary/aromatic N) is 1.